The first-order valence-corrected chi connectivity index (χ1v) is 8.72. The number of hydrogen-bond donors (Lipinski definition) is 2. The van der Waals surface area contributed by atoms with Gasteiger partial charge in [-0.1, -0.05) is 20.8 Å². The first-order valence-electron chi connectivity index (χ1n) is 8.72. The number of nitrogens with one attached hydrogen (secondary N) is 1. The molecule has 1 saturated heterocycles. The van der Waals surface area contributed by atoms with Crippen molar-refractivity contribution in [3.63, 3.8) is 0 Å². The zero-order chi connectivity index (χ0) is 14.6. The minimum Gasteiger partial charge on any atom is -0.394 e. The normalized spacial score (nSPS) is 25.8. The van der Waals surface area contributed by atoms with Gasteiger partial charge in [0.1, 0.15) is 0 Å². The fourth-order valence-corrected chi connectivity index (χ4v) is 3.96. The Kier molecular flexibility index (Phi) is 5.49. The lowest BCUT2D eigenvalue weighted by molar-refractivity contribution is 0.0938. The Morgan fingerprint density at radius 3 is 2.40 bits per heavy atom. The molecule has 3 nitrogen and oxygen atoms in total. The minimum absolute atomic E-state index is 0.0342. The lowest BCUT2D eigenvalue weighted by Gasteiger charge is -2.38. The second-order valence-corrected chi connectivity index (χ2v) is 7.18. The fraction of sp³-hybridized carbons (Fsp3) is 1.00. The van der Waals surface area contributed by atoms with E-state index in [-0.39, 0.29) is 5.54 Å². The van der Waals surface area contributed by atoms with Crippen LogP contribution in [0.2, 0.25) is 0 Å². The molecule has 0 amide bonds. The maximum Gasteiger partial charge on any atom is 0.0628 e. The predicted octanol–water partition coefficient (Wildman–Crippen LogP) is 2.64. The van der Waals surface area contributed by atoms with Crippen molar-refractivity contribution >= 4 is 0 Å². The van der Waals surface area contributed by atoms with Crippen LogP contribution in [0.4, 0.5) is 0 Å². The van der Waals surface area contributed by atoms with Gasteiger partial charge in [-0.05, 0) is 62.9 Å². The van der Waals surface area contributed by atoms with E-state index in [2.05, 4.69) is 31.0 Å². The predicted molar refractivity (Wildman–Crippen MR) is 84.9 cm³/mol. The van der Waals surface area contributed by atoms with E-state index < -0.39 is 0 Å². The Balaban J connectivity index is 1.98. The Labute approximate surface area is 125 Å². The van der Waals surface area contributed by atoms with Crippen LogP contribution >= 0.6 is 0 Å². The standard InChI is InChI=1S/C17H34N2O/c1-4-10-18-17(14-20,15-7-8-15)13-19-11-9-16(5-2,6-3)12-19/h15,18,20H,4-14H2,1-3H3. The first-order chi connectivity index (χ1) is 9.63. The molecule has 0 aromatic carbocycles. The van der Waals surface area contributed by atoms with E-state index in [4.69, 9.17) is 0 Å². The molecule has 20 heavy (non-hydrogen) atoms. The van der Waals surface area contributed by atoms with Gasteiger partial charge in [0.15, 0.2) is 0 Å². The average Bonchev–Trinajstić information content (AvgIpc) is 3.26. The molecule has 0 radical (unpaired) electrons. The third-order valence-corrected chi connectivity index (χ3v) is 5.89. The van der Waals surface area contributed by atoms with E-state index >= 15 is 0 Å². The maximum absolute atomic E-state index is 10.0. The number of hydrogen-bond acceptors (Lipinski definition) is 3. The summed E-state index contributed by atoms with van der Waals surface area (Å²) in [4.78, 5) is 2.62. The summed E-state index contributed by atoms with van der Waals surface area (Å²) in [5.74, 6) is 0.692. The van der Waals surface area contributed by atoms with E-state index in [1.165, 1.54) is 45.2 Å². The molecule has 2 fully saturated rings. The summed E-state index contributed by atoms with van der Waals surface area (Å²) < 4.78 is 0. The van der Waals surface area contributed by atoms with Gasteiger partial charge in [-0.2, -0.15) is 0 Å². The molecular weight excluding hydrogens is 248 g/mol. The number of aliphatic hydroxyl groups excluding tert-OH is 1. The molecule has 2 aliphatic rings. The molecule has 118 valence electrons. The zero-order valence-electron chi connectivity index (χ0n) is 13.7. The van der Waals surface area contributed by atoms with Crippen LogP contribution in [0.3, 0.4) is 0 Å². The lowest BCUT2D eigenvalue weighted by Crippen LogP contribution is -2.58. The minimum atomic E-state index is -0.0342. The van der Waals surface area contributed by atoms with Gasteiger partial charge in [0.2, 0.25) is 0 Å². The number of likely N-dealkylation sites (tertiary alicyclic amines) is 1. The van der Waals surface area contributed by atoms with Crippen LogP contribution in [0.25, 0.3) is 0 Å². The summed E-state index contributed by atoms with van der Waals surface area (Å²) in [6.07, 6.45) is 7.63. The van der Waals surface area contributed by atoms with Gasteiger partial charge in [0.05, 0.1) is 12.1 Å². The molecule has 2 rings (SSSR count). The van der Waals surface area contributed by atoms with Crippen LogP contribution in [0.1, 0.15) is 59.3 Å². The van der Waals surface area contributed by atoms with Crippen LogP contribution in [0.5, 0.6) is 0 Å². The average molecular weight is 282 g/mol. The van der Waals surface area contributed by atoms with Crippen molar-refractivity contribution < 1.29 is 5.11 Å². The highest BCUT2D eigenvalue weighted by molar-refractivity contribution is 5.04. The highest BCUT2D eigenvalue weighted by Crippen LogP contribution is 2.42. The van der Waals surface area contributed by atoms with Crippen LogP contribution in [0, 0.1) is 11.3 Å². The van der Waals surface area contributed by atoms with Gasteiger partial charge < -0.3 is 15.3 Å². The molecular formula is C17H34N2O. The van der Waals surface area contributed by atoms with Gasteiger partial charge in [-0.25, -0.2) is 0 Å². The number of nitrogens with zero attached hydrogens (tertiary/aromatic N) is 1. The molecule has 0 spiro atoms. The lowest BCUT2D eigenvalue weighted by atomic mass is 9.82. The largest absolute Gasteiger partial charge is 0.394 e. The monoisotopic (exact) mass is 282 g/mol. The SMILES string of the molecule is CCCNC(CO)(CN1CCC(CC)(CC)C1)C1CC1. The van der Waals surface area contributed by atoms with Crippen molar-refractivity contribution in [2.45, 2.75) is 64.8 Å². The number of rotatable bonds is 9. The van der Waals surface area contributed by atoms with Gasteiger partial charge >= 0.3 is 0 Å². The van der Waals surface area contributed by atoms with Crippen LogP contribution in [0.15, 0.2) is 0 Å². The zero-order valence-corrected chi connectivity index (χ0v) is 13.7. The summed E-state index contributed by atoms with van der Waals surface area (Å²) in [7, 11) is 0. The molecule has 0 bridgehead atoms. The third kappa shape index (κ3) is 3.37. The van der Waals surface area contributed by atoms with Gasteiger partial charge in [0.25, 0.3) is 0 Å². The van der Waals surface area contributed by atoms with E-state index in [1.807, 2.05) is 0 Å². The van der Waals surface area contributed by atoms with Crippen molar-refractivity contribution in [3.8, 4) is 0 Å². The summed E-state index contributed by atoms with van der Waals surface area (Å²) in [5.41, 5.74) is 0.503. The first kappa shape index (κ1) is 16.3. The third-order valence-electron chi connectivity index (χ3n) is 5.89. The Hall–Kier alpha value is -0.120. The van der Waals surface area contributed by atoms with Crippen LogP contribution in [-0.2, 0) is 0 Å². The Bertz CT molecular complexity index is 299. The second-order valence-electron chi connectivity index (χ2n) is 7.18. The van der Waals surface area contributed by atoms with E-state index in [9.17, 15) is 5.11 Å². The van der Waals surface area contributed by atoms with Crippen molar-refractivity contribution in [3.05, 3.63) is 0 Å². The summed E-state index contributed by atoms with van der Waals surface area (Å²) in [6, 6.07) is 0. The van der Waals surface area contributed by atoms with Crippen molar-refractivity contribution in [1.29, 1.82) is 0 Å². The van der Waals surface area contributed by atoms with Crippen molar-refractivity contribution in [1.82, 2.24) is 10.2 Å². The molecule has 1 aliphatic carbocycles. The summed E-state index contributed by atoms with van der Waals surface area (Å²) in [5, 5.41) is 13.7. The summed E-state index contributed by atoms with van der Waals surface area (Å²) >= 11 is 0. The topological polar surface area (TPSA) is 35.5 Å². The molecule has 1 unspecified atom stereocenters. The quantitative estimate of drug-likeness (QED) is 0.682. The fourth-order valence-electron chi connectivity index (χ4n) is 3.96. The van der Waals surface area contributed by atoms with Gasteiger partial charge in [-0.3, -0.25) is 0 Å². The Morgan fingerprint density at radius 2 is 1.95 bits per heavy atom. The molecule has 1 heterocycles. The van der Waals surface area contributed by atoms with Crippen molar-refractivity contribution in [2.24, 2.45) is 11.3 Å². The number of aliphatic hydroxyl groups is 1. The molecule has 1 aliphatic heterocycles. The van der Waals surface area contributed by atoms with E-state index in [0.29, 0.717) is 17.9 Å². The highest BCUT2D eigenvalue weighted by atomic mass is 16.3. The summed E-state index contributed by atoms with van der Waals surface area (Å²) in [6.45, 7) is 11.7. The molecule has 1 saturated carbocycles. The smallest absolute Gasteiger partial charge is 0.0628 e. The molecule has 0 aromatic heterocycles. The molecule has 0 aromatic rings. The molecule has 2 N–H and O–H groups in total. The molecule has 3 heteroatoms. The van der Waals surface area contributed by atoms with Gasteiger partial charge in [0, 0.05) is 13.1 Å². The van der Waals surface area contributed by atoms with Crippen LogP contribution in [-0.4, -0.2) is 48.3 Å². The van der Waals surface area contributed by atoms with Gasteiger partial charge in [-0.15, -0.1) is 0 Å². The maximum atomic E-state index is 10.0. The Morgan fingerprint density at radius 1 is 1.25 bits per heavy atom. The molecule has 1 atom stereocenters. The van der Waals surface area contributed by atoms with E-state index in [1.54, 1.807) is 0 Å². The van der Waals surface area contributed by atoms with E-state index in [0.717, 1.165) is 19.5 Å². The second kappa shape index (κ2) is 6.76. The van der Waals surface area contributed by atoms with Crippen LogP contribution < -0.4 is 5.32 Å². The van der Waals surface area contributed by atoms with Crippen molar-refractivity contribution in [2.75, 3.05) is 32.8 Å². The highest BCUT2D eigenvalue weighted by Gasteiger charge is 2.47.